The van der Waals surface area contributed by atoms with E-state index in [1.165, 1.54) is 6.20 Å². The zero-order valence-electron chi connectivity index (χ0n) is 12.3. The van der Waals surface area contributed by atoms with Crippen molar-refractivity contribution in [1.82, 2.24) is 9.97 Å². The van der Waals surface area contributed by atoms with Crippen molar-refractivity contribution in [3.8, 4) is 0 Å². The number of rotatable bonds is 7. The third-order valence-electron chi connectivity index (χ3n) is 3.58. The molecule has 1 aliphatic carbocycles. The molecule has 0 unspecified atom stereocenters. The maximum absolute atomic E-state index is 11.1. The second-order valence-electron chi connectivity index (χ2n) is 5.46. The van der Waals surface area contributed by atoms with E-state index in [4.69, 9.17) is 0 Å². The minimum atomic E-state index is -0.467. The summed E-state index contributed by atoms with van der Waals surface area (Å²) in [6.45, 7) is 3.38. The van der Waals surface area contributed by atoms with Crippen molar-refractivity contribution in [1.29, 1.82) is 0 Å². The van der Waals surface area contributed by atoms with Crippen LogP contribution in [0.2, 0.25) is 0 Å². The van der Waals surface area contributed by atoms with Crippen LogP contribution in [-0.2, 0) is 0 Å². The predicted octanol–water partition coefficient (Wildman–Crippen LogP) is 1.41. The lowest BCUT2D eigenvalue weighted by Gasteiger charge is -2.34. The first-order chi connectivity index (χ1) is 10.0. The van der Waals surface area contributed by atoms with E-state index in [9.17, 15) is 15.2 Å². The molecule has 1 saturated carbocycles. The number of nitrogens with zero attached hydrogens (tertiary/aromatic N) is 4. The lowest BCUT2D eigenvalue weighted by Crippen LogP contribution is -2.37. The van der Waals surface area contributed by atoms with Gasteiger partial charge in [0.25, 0.3) is 0 Å². The van der Waals surface area contributed by atoms with Gasteiger partial charge in [0.2, 0.25) is 11.8 Å². The summed E-state index contributed by atoms with van der Waals surface area (Å²) in [5.74, 6) is 1.07. The van der Waals surface area contributed by atoms with E-state index in [0.29, 0.717) is 24.2 Å². The summed E-state index contributed by atoms with van der Waals surface area (Å²) in [6, 6.07) is 0. The Morgan fingerprint density at radius 3 is 2.86 bits per heavy atom. The monoisotopic (exact) mass is 295 g/mol. The average Bonchev–Trinajstić information content (AvgIpc) is 2.42. The number of aliphatic hydroxyl groups is 1. The Hall–Kier alpha value is -1.96. The normalized spacial score (nSPS) is 20.7. The van der Waals surface area contributed by atoms with Crippen LogP contribution in [0.1, 0.15) is 26.2 Å². The topological polar surface area (TPSA) is 104 Å². The maximum atomic E-state index is 11.1. The molecule has 8 nitrogen and oxygen atoms in total. The lowest BCUT2D eigenvalue weighted by atomic mass is 9.82. The van der Waals surface area contributed by atoms with Crippen molar-refractivity contribution >= 4 is 17.5 Å². The van der Waals surface area contributed by atoms with E-state index in [1.54, 1.807) is 11.9 Å². The highest BCUT2D eigenvalue weighted by Gasteiger charge is 2.30. The molecular weight excluding hydrogens is 274 g/mol. The van der Waals surface area contributed by atoms with Crippen molar-refractivity contribution in [2.45, 2.75) is 32.3 Å². The highest BCUT2D eigenvalue weighted by atomic mass is 16.6. The minimum absolute atomic E-state index is 0.0978. The van der Waals surface area contributed by atoms with Gasteiger partial charge >= 0.3 is 5.69 Å². The number of anilines is 2. The van der Waals surface area contributed by atoms with Crippen LogP contribution in [0.5, 0.6) is 0 Å². The third kappa shape index (κ3) is 3.78. The molecule has 1 fully saturated rings. The Bertz CT molecular complexity index is 505. The molecule has 2 rings (SSSR count). The molecule has 1 aromatic rings. The quantitative estimate of drug-likeness (QED) is 0.579. The molecule has 0 radical (unpaired) electrons. The largest absolute Gasteiger partial charge is 0.393 e. The fourth-order valence-electron chi connectivity index (χ4n) is 2.42. The Kier molecular flexibility index (Phi) is 4.89. The van der Waals surface area contributed by atoms with Crippen molar-refractivity contribution in [3.05, 3.63) is 16.3 Å². The zero-order chi connectivity index (χ0) is 15.4. The maximum Gasteiger partial charge on any atom is 0.329 e. The Labute approximate surface area is 123 Å². The molecule has 0 amide bonds. The first-order valence-electron chi connectivity index (χ1n) is 7.15. The van der Waals surface area contributed by atoms with Gasteiger partial charge in [-0.25, -0.2) is 4.98 Å². The number of nitro groups is 1. The molecule has 21 heavy (non-hydrogen) atoms. The van der Waals surface area contributed by atoms with Crippen molar-refractivity contribution < 1.29 is 10.0 Å². The van der Waals surface area contributed by atoms with Crippen molar-refractivity contribution in [2.75, 3.05) is 30.4 Å². The van der Waals surface area contributed by atoms with Gasteiger partial charge in [0.05, 0.1) is 11.0 Å². The summed E-state index contributed by atoms with van der Waals surface area (Å²) >= 11 is 0. The third-order valence-corrected chi connectivity index (χ3v) is 3.58. The summed E-state index contributed by atoms with van der Waals surface area (Å²) in [4.78, 5) is 20.7. The molecular formula is C13H21N5O3. The van der Waals surface area contributed by atoms with Crippen LogP contribution in [0, 0.1) is 16.0 Å². The van der Waals surface area contributed by atoms with Crippen LogP contribution in [0.4, 0.5) is 17.5 Å². The van der Waals surface area contributed by atoms with Gasteiger partial charge < -0.3 is 15.3 Å². The van der Waals surface area contributed by atoms with Crippen LogP contribution in [0.15, 0.2) is 6.20 Å². The molecule has 0 aromatic carbocycles. The standard InChI is InChI=1S/C13H21N5O3/c1-3-4-14-13-15-7-11(18(20)21)12(16-13)17(2)8-9-5-10(19)6-9/h7,9-10,19H,3-6,8H2,1-2H3,(H,14,15,16). The van der Waals surface area contributed by atoms with E-state index in [1.807, 2.05) is 6.92 Å². The summed E-state index contributed by atoms with van der Waals surface area (Å²) in [6.07, 6.45) is 3.41. The minimum Gasteiger partial charge on any atom is -0.393 e. The molecule has 0 aliphatic heterocycles. The Morgan fingerprint density at radius 2 is 2.29 bits per heavy atom. The average molecular weight is 295 g/mol. The van der Waals surface area contributed by atoms with Crippen molar-refractivity contribution in [2.24, 2.45) is 5.92 Å². The fraction of sp³-hybridized carbons (Fsp3) is 0.692. The van der Waals surface area contributed by atoms with Crippen LogP contribution >= 0.6 is 0 Å². The highest BCUT2D eigenvalue weighted by Crippen LogP contribution is 2.31. The van der Waals surface area contributed by atoms with Crippen LogP contribution in [-0.4, -0.2) is 46.2 Å². The van der Waals surface area contributed by atoms with Gasteiger partial charge in [-0.2, -0.15) is 4.98 Å². The highest BCUT2D eigenvalue weighted by molar-refractivity contribution is 5.58. The number of hydrogen-bond donors (Lipinski definition) is 2. The number of aliphatic hydroxyl groups excluding tert-OH is 1. The van der Waals surface area contributed by atoms with Gasteiger partial charge in [-0.1, -0.05) is 6.92 Å². The molecule has 0 atom stereocenters. The van der Waals surface area contributed by atoms with Crippen LogP contribution in [0.3, 0.4) is 0 Å². The summed E-state index contributed by atoms with van der Waals surface area (Å²) in [5, 5.41) is 23.5. The molecule has 0 spiro atoms. The van der Waals surface area contributed by atoms with Gasteiger partial charge in [-0.05, 0) is 25.2 Å². The molecule has 0 bridgehead atoms. The Balaban J connectivity index is 2.14. The predicted molar refractivity (Wildman–Crippen MR) is 79.5 cm³/mol. The smallest absolute Gasteiger partial charge is 0.329 e. The van der Waals surface area contributed by atoms with Gasteiger partial charge in [0.15, 0.2) is 0 Å². The molecule has 8 heteroatoms. The van der Waals surface area contributed by atoms with Crippen LogP contribution < -0.4 is 10.2 Å². The lowest BCUT2D eigenvalue weighted by molar-refractivity contribution is -0.384. The SMILES string of the molecule is CCCNc1ncc([N+](=O)[O-])c(N(C)CC2CC(O)C2)n1. The molecule has 1 aromatic heterocycles. The van der Waals surface area contributed by atoms with Gasteiger partial charge in [-0.15, -0.1) is 0 Å². The second-order valence-corrected chi connectivity index (χ2v) is 5.46. The van der Waals surface area contributed by atoms with E-state index in [2.05, 4.69) is 15.3 Å². The van der Waals surface area contributed by atoms with Crippen LogP contribution in [0.25, 0.3) is 0 Å². The van der Waals surface area contributed by atoms with Gasteiger partial charge in [-0.3, -0.25) is 10.1 Å². The first kappa shape index (κ1) is 15.4. The van der Waals surface area contributed by atoms with Gasteiger partial charge in [0, 0.05) is 20.1 Å². The van der Waals surface area contributed by atoms with E-state index in [-0.39, 0.29) is 11.8 Å². The molecule has 2 N–H and O–H groups in total. The second kappa shape index (κ2) is 6.66. The number of hydrogen-bond acceptors (Lipinski definition) is 7. The number of nitrogens with one attached hydrogen (secondary N) is 1. The molecule has 116 valence electrons. The summed E-state index contributed by atoms with van der Waals surface area (Å²) in [7, 11) is 1.78. The number of aromatic nitrogens is 2. The Morgan fingerprint density at radius 1 is 1.57 bits per heavy atom. The zero-order valence-corrected chi connectivity index (χ0v) is 12.3. The van der Waals surface area contributed by atoms with E-state index >= 15 is 0 Å². The fourth-order valence-corrected chi connectivity index (χ4v) is 2.42. The van der Waals surface area contributed by atoms with E-state index in [0.717, 1.165) is 25.8 Å². The first-order valence-corrected chi connectivity index (χ1v) is 7.15. The van der Waals surface area contributed by atoms with Gasteiger partial charge in [0.1, 0.15) is 6.20 Å². The molecule has 1 aliphatic rings. The van der Waals surface area contributed by atoms with E-state index < -0.39 is 4.92 Å². The molecule has 1 heterocycles. The van der Waals surface area contributed by atoms with Crippen molar-refractivity contribution in [3.63, 3.8) is 0 Å². The summed E-state index contributed by atoms with van der Waals surface area (Å²) in [5.41, 5.74) is -0.0978. The molecule has 0 saturated heterocycles. The summed E-state index contributed by atoms with van der Waals surface area (Å²) < 4.78 is 0.